The summed E-state index contributed by atoms with van der Waals surface area (Å²) in [6.07, 6.45) is 6.77. The highest BCUT2D eigenvalue weighted by Crippen LogP contribution is 2.43. The first kappa shape index (κ1) is 15.1. The van der Waals surface area contributed by atoms with Crippen molar-refractivity contribution in [2.45, 2.75) is 63.3 Å². The van der Waals surface area contributed by atoms with Gasteiger partial charge in [0.25, 0.3) is 0 Å². The molecule has 4 heteroatoms. The molecule has 0 amide bonds. The third-order valence-corrected chi connectivity index (χ3v) is 4.94. The highest BCUT2D eigenvalue weighted by Gasteiger charge is 2.42. The average molecular weight is 311 g/mol. The van der Waals surface area contributed by atoms with E-state index in [1.165, 1.54) is 25.7 Å². The number of hydrogen-bond donors (Lipinski definition) is 1. The molecular formula is C17H23ClO3. The molecule has 2 fully saturated rings. The van der Waals surface area contributed by atoms with Gasteiger partial charge in [0.2, 0.25) is 0 Å². The van der Waals surface area contributed by atoms with Crippen molar-refractivity contribution in [2.75, 3.05) is 6.61 Å². The Morgan fingerprint density at radius 3 is 2.86 bits per heavy atom. The molecule has 1 heterocycles. The molecule has 1 unspecified atom stereocenters. The number of hydrogen-bond acceptors (Lipinski definition) is 3. The van der Waals surface area contributed by atoms with Crippen LogP contribution in [0, 0.1) is 0 Å². The molecule has 3 rings (SSSR count). The molecule has 1 N–H and O–H groups in total. The summed E-state index contributed by atoms with van der Waals surface area (Å²) in [5, 5.41) is 10.4. The minimum Gasteiger partial charge on any atom is -0.490 e. The van der Waals surface area contributed by atoms with E-state index < -0.39 is 6.10 Å². The molecule has 1 saturated heterocycles. The summed E-state index contributed by atoms with van der Waals surface area (Å²) in [7, 11) is 0. The Hall–Kier alpha value is -0.770. The summed E-state index contributed by atoms with van der Waals surface area (Å²) in [5.74, 6) is 0.699. The van der Waals surface area contributed by atoms with E-state index in [1.807, 2.05) is 6.07 Å². The van der Waals surface area contributed by atoms with Gasteiger partial charge in [0.1, 0.15) is 12.4 Å². The van der Waals surface area contributed by atoms with Crippen LogP contribution < -0.4 is 4.74 Å². The predicted molar refractivity (Wildman–Crippen MR) is 82.9 cm³/mol. The Balaban J connectivity index is 1.61. The van der Waals surface area contributed by atoms with Gasteiger partial charge in [-0.25, -0.2) is 0 Å². The topological polar surface area (TPSA) is 38.7 Å². The lowest BCUT2D eigenvalue weighted by Gasteiger charge is -2.24. The maximum absolute atomic E-state index is 9.82. The van der Waals surface area contributed by atoms with Gasteiger partial charge in [0.05, 0.1) is 17.8 Å². The molecule has 0 aromatic heterocycles. The summed E-state index contributed by atoms with van der Waals surface area (Å²) in [6.45, 7) is 2.27. The van der Waals surface area contributed by atoms with Crippen molar-refractivity contribution in [1.82, 2.24) is 0 Å². The Bertz CT molecular complexity index is 495. The van der Waals surface area contributed by atoms with E-state index in [2.05, 4.69) is 0 Å². The van der Waals surface area contributed by atoms with E-state index >= 15 is 0 Å². The maximum atomic E-state index is 9.82. The van der Waals surface area contributed by atoms with Gasteiger partial charge in [0.15, 0.2) is 0 Å². The van der Waals surface area contributed by atoms with Crippen molar-refractivity contribution >= 4 is 11.6 Å². The van der Waals surface area contributed by atoms with E-state index in [-0.39, 0.29) is 11.7 Å². The fourth-order valence-electron chi connectivity index (χ4n) is 3.56. The molecule has 3 nitrogen and oxygen atoms in total. The average Bonchev–Trinajstić information content (AvgIpc) is 3.08. The second-order valence-corrected chi connectivity index (χ2v) is 6.77. The number of aliphatic hydroxyl groups excluding tert-OH is 1. The van der Waals surface area contributed by atoms with Gasteiger partial charge < -0.3 is 14.6 Å². The summed E-state index contributed by atoms with van der Waals surface area (Å²) >= 11 is 5.98. The third-order valence-electron chi connectivity index (χ3n) is 4.70. The first-order chi connectivity index (χ1) is 10.1. The SMILES string of the molecule is C[C@H](O)c1cc(Cl)ccc1OCC1CCC2(CCCC2)O1. The Kier molecular flexibility index (Phi) is 4.43. The zero-order valence-electron chi connectivity index (χ0n) is 12.5. The first-order valence-corrected chi connectivity index (χ1v) is 8.24. The molecule has 116 valence electrons. The molecule has 1 aromatic carbocycles. The van der Waals surface area contributed by atoms with Crippen molar-refractivity contribution < 1.29 is 14.6 Å². The van der Waals surface area contributed by atoms with Crippen LogP contribution in [-0.2, 0) is 4.74 Å². The van der Waals surface area contributed by atoms with Gasteiger partial charge in [-0.05, 0) is 50.8 Å². The van der Waals surface area contributed by atoms with Crippen LogP contribution in [0.4, 0.5) is 0 Å². The fraction of sp³-hybridized carbons (Fsp3) is 0.647. The second kappa shape index (κ2) is 6.15. The van der Waals surface area contributed by atoms with Crippen LogP contribution in [0.2, 0.25) is 5.02 Å². The smallest absolute Gasteiger partial charge is 0.125 e. The number of halogens is 1. The molecule has 1 aliphatic carbocycles. The summed E-state index contributed by atoms with van der Waals surface area (Å²) in [5.41, 5.74) is 0.872. The van der Waals surface area contributed by atoms with Gasteiger partial charge in [-0.2, -0.15) is 0 Å². The minimum atomic E-state index is -0.593. The molecule has 2 atom stereocenters. The standard InChI is InChI=1S/C17H23ClO3/c1-12(19)15-10-13(18)4-5-16(15)20-11-14-6-9-17(21-14)7-2-3-8-17/h4-5,10,12,14,19H,2-3,6-9,11H2,1H3/t12-,14?/m0/s1. The van der Waals surface area contributed by atoms with Gasteiger partial charge >= 0.3 is 0 Å². The second-order valence-electron chi connectivity index (χ2n) is 6.34. The molecule has 2 aliphatic rings. The van der Waals surface area contributed by atoms with Gasteiger partial charge in [-0.3, -0.25) is 0 Å². The highest BCUT2D eigenvalue weighted by atomic mass is 35.5. The Labute approximate surface area is 131 Å². The Morgan fingerprint density at radius 1 is 1.38 bits per heavy atom. The number of aliphatic hydroxyl groups is 1. The lowest BCUT2D eigenvalue weighted by Crippen LogP contribution is -2.27. The van der Waals surface area contributed by atoms with E-state index in [9.17, 15) is 5.11 Å². The molecule has 1 spiro atoms. The van der Waals surface area contributed by atoms with Crippen LogP contribution in [0.3, 0.4) is 0 Å². The van der Waals surface area contributed by atoms with Crippen LogP contribution in [0.15, 0.2) is 18.2 Å². The third kappa shape index (κ3) is 3.36. The number of benzene rings is 1. The summed E-state index contributed by atoms with van der Waals surface area (Å²) < 4.78 is 12.1. The van der Waals surface area contributed by atoms with E-state index in [0.717, 1.165) is 18.4 Å². The van der Waals surface area contributed by atoms with E-state index in [0.29, 0.717) is 17.4 Å². The first-order valence-electron chi connectivity index (χ1n) is 7.86. The van der Waals surface area contributed by atoms with Crippen molar-refractivity contribution in [3.63, 3.8) is 0 Å². The van der Waals surface area contributed by atoms with E-state index in [1.54, 1.807) is 19.1 Å². The molecule has 1 aliphatic heterocycles. The van der Waals surface area contributed by atoms with Gasteiger partial charge in [-0.15, -0.1) is 0 Å². The van der Waals surface area contributed by atoms with Crippen molar-refractivity contribution in [2.24, 2.45) is 0 Å². The number of rotatable bonds is 4. The van der Waals surface area contributed by atoms with Crippen molar-refractivity contribution in [3.05, 3.63) is 28.8 Å². The normalized spacial score (nSPS) is 25.4. The van der Waals surface area contributed by atoms with Crippen molar-refractivity contribution in [3.8, 4) is 5.75 Å². The lowest BCUT2D eigenvalue weighted by atomic mass is 9.98. The lowest BCUT2D eigenvalue weighted by molar-refractivity contribution is -0.0511. The molecule has 21 heavy (non-hydrogen) atoms. The molecular weight excluding hydrogens is 288 g/mol. The molecule has 0 radical (unpaired) electrons. The fourth-order valence-corrected chi connectivity index (χ4v) is 3.74. The number of ether oxygens (including phenoxy) is 2. The molecule has 0 bridgehead atoms. The quantitative estimate of drug-likeness (QED) is 0.903. The maximum Gasteiger partial charge on any atom is 0.125 e. The Morgan fingerprint density at radius 2 is 2.14 bits per heavy atom. The van der Waals surface area contributed by atoms with Crippen LogP contribution in [-0.4, -0.2) is 23.4 Å². The zero-order chi connectivity index (χ0) is 14.9. The summed E-state index contributed by atoms with van der Waals surface area (Å²) in [4.78, 5) is 0. The van der Waals surface area contributed by atoms with E-state index in [4.69, 9.17) is 21.1 Å². The molecule has 1 aromatic rings. The van der Waals surface area contributed by atoms with Crippen LogP contribution in [0.25, 0.3) is 0 Å². The predicted octanol–water partition coefficient (Wildman–Crippen LogP) is 4.26. The summed E-state index contributed by atoms with van der Waals surface area (Å²) in [6, 6.07) is 5.37. The highest BCUT2D eigenvalue weighted by molar-refractivity contribution is 6.30. The zero-order valence-corrected chi connectivity index (χ0v) is 13.2. The monoisotopic (exact) mass is 310 g/mol. The largest absolute Gasteiger partial charge is 0.490 e. The van der Waals surface area contributed by atoms with Crippen LogP contribution in [0.5, 0.6) is 5.75 Å². The minimum absolute atomic E-state index is 0.140. The van der Waals surface area contributed by atoms with Crippen LogP contribution in [0.1, 0.15) is 57.1 Å². The van der Waals surface area contributed by atoms with Gasteiger partial charge in [-0.1, -0.05) is 24.4 Å². The van der Waals surface area contributed by atoms with Crippen molar-refractivity contribution in [1.29, 1.82) is 0 Å². The van der Waals surface area contributed by atoms with Gasteiger partial charge in [0, 0.05) is 10.6 Å². The van der Waals surface area contributed by atoms with Crippen LogP contribution >= 0.6 is 11.6 Å². The molecule has 1 saturated carbocycles.